The van der Waals surface area contributed by atoms with Gasteiger partial charge in [0, 0.05) is 25.2 Å². The molecule has 7 heteroatoms. The van der Waals surface area contributed by atoms with Crippen molar-refractivity contribution in [1.29, 1.82) is 0 Å². The number of alkyl halides is 2. The SMILES string of the molecule is O=C(NC1Cc2ccccc2C1)NC1CCN(c2ccccc2OC(F)F)C1. The minimum Gasteiger partial charge on any atom is -0.433 e. The molecule has 2 N–H and O–H groups in total. The molecule has 2 aliphatic rings. The molecule has 2 amide bonds. The van der Waals surface area contributed by atoms with E-state index in [2.05, 4.69) is 27.5 Å². The third kappa shape index (κ3) is 4.18. The van der Waals surface area contributed by atoms with Crippen LogP contribution in [0.4, 0.5) is 19.3 Å². The van der Waals surface area contributed by atoms with Gasteiger partial charge in [-0.2, -0.15) is 8.78 Å². The maximum atomic E-state index is 12.6. The first-order valence-corrected chi connectivity index (χ1v) is 9.51. The van der Waals surface area contributed by atoms with Crippen LogP contribution in [0.3, 0.4) is 0 Å². The zero-order valence-electron chi connectivity index (χ0n) is 15.4. The van der Waals surface area contributed by atoms with Crippen molar-refractivity contribution in [3.8, 4) is 5.75 Å². The van der Waals surface area contributed by atoms with E-state index in [4.69, 9.17) is 0 Å². The van der Waals surface area contributed by atoms with Gasteiger partial charge < -0.3 is 20.3 Å². The van der Waals surface area contributed by atoms with Crippen LogP contribution in [-0.4, -0.2) is 37.8 Å². The molecule has 1 aliphatic carbocycles. The molecule has 2 aromatic carbocycles. The fourth-order valence-corrected chi connectivity index (χ4v) is 4.08. The van der Waals surface area contributed by atoms with Gasteiger partial charge in [-0.3, -0.25) is 0 Å². The van der Waals surface area contributed by atoms with Gasteiger partial charge in [-0.1, -0.05) is 36.4 Å². The second-order valence-corrected chi connectivity index (χ2v) is 7.27. The van der Waals surface area contributed by atoms with Gasteiger partial charge in [-0.25, -0.2) is 4.79 Å². The van der Waals surface area contributed by atoms with Gasteiger partial charge in [-0.05, 0) is 42.5 Å². The number of ether oxygens (including phenoxy) is 1. The molecular weight excluding hydrogens is 364 g/mol. The molecule has 1 fully saturated rings. The van der Waals surface area contributed by atoms with Crippen molar-refractivity contribution in [3.63, 3.8) is 0 Å². The molecule has 1 saturated heterocycles. The smallest absolute Gasteiger partial charge is 0.387 e. The van der Waals surface area contributed by atoms with Gasteiger partial charge in [0.05, 0.1) is 5.69 Å². The highest BCUT2D eigenvalue weighted by Gasteiger charge is 2.28. The summed E-state index contributed by atoms with van der Waals surface area (Å²) < 4.78 is 29.9. The molecule has 0 bridgehead atoms. The molecule has 0 saturated carbocycles. The molecular formula is C21H23F2N3O2. The summed E-state index contributed by atoms with van der Waals surface area (Å²) in [5.41, 5.74) is 3.20. The van der Waals surface area contributed by atoms with Crippen LogP contribution in [0.5, 0.6) is 5.75 Å². The number of nitrogens with one attached hydrogen (secondary N) is 2. The number of para-hydroxylation sites is 2. The molecule has 148 valence electrons. The summed E-state index contributed by atoms with van der Waals surface area (Å²) in [6.07, 6.45) is 2.44. The lowest BCUT2D eigenvalue weighted by molar-refractivity contribution is -0.0495. The fourth-order valence-electron chi connectivity index (χ4n) is 4.08. The number of anilines is 1. The van der Waals surface area contributed by atoms with Crippen molar-refractivity contribution in [1.82, 2.24) is 10.6 Å². The maximum Gasteiger partial charge on any atom is 0.387 e. The summed E-state index contributed by atoms with van der Waals surface area (Å²) in [5.74, 6) is 0.159. The van der Waals surface area contributed by atoms with Crippen LogP contribution < -0.4 is 20.3 Å². The third-order valence-corrected chi connectivity index (χ3v) is 5.33. The van der Waals surface area contributed by atoms with Crippen molar-refractivity contribution in [2.24, 2.45) is 0 Å². The van der Waals surface area contributed by atoms with E-state index in [1.54, 1.807) is 18.2 Å². The number of carbonyl (C=O) groups excluding carboxylic acids is 1. The lowest BCUT2D eigenvalue weighted by Crippen LogP contribution is -2.47. The van der Waals surface area contributed by atoms with E-state index in [-0.39, 0.29) is 23.9 Å². The van der Waals surface area contributed by atoms with Crippen LogP contribution in [-0.2, 0) is 12.8 Å². The topological polar surface area (TPSA) is 53.6 Å². The number of halogens is 2. The van der Waals surface area contributed by atoms with E-state index < -0.39 is 6.61 Å². The summed E-state index contributed by atoms with van der Waals surface area (Å²) in [6.45, 7) is -1.63. The molecule has 1 aliphatic heterocycles. The van der Waals surface area contributed by atoms with Crippen LogP contribution in [0, 0.1) is 0 Å². The molecule has 28 heavy (non-hydrogen) atoms. The molecule has 0 spiro atoms. The Bertz CT molecular complexity index is 821. The maximum absolute atomic E-state index is 12.6. The summed E-state index contributed by atoms with van der Waals surface area (Å²) >= 11 is 0. The Labute approximate surface area is 162 Å². The number of benzene rings is 2. The van der Waals surface area contributed by atoms with Gasteiger partial charge in [-0.15, -0.1) is 0 Å². The van der Waals surface area contributed by atoms with Gasteiger partial charge in [0.25, 0.3) is 0 Å². The second-order valence-electron chi connectivity index (χ2n) is 7.27. The van der Waals surface area contributed by atoms with Gasteiger partial charge in [0.2, 0.25) is 0 Å². The van der Waals surface area contributed by atoms with E-state index in [0.717, 1.165) is 19.3 Å². The zero-order chi connectivity index (χ0) is 19.5. The van der Waals surface area contributed by atoms with Crippen molar-refractivity contribution >= 4 is 11.7 Å². The number of hydrogen-bond acceptors (Lipinski definition) is 3. The van der Waals surface area contributed by atoms with Crippen LogP contribution in [0.2, 0.25) is 0 Å². The van der Waals surface area contributed by atoms with E-state index in [1.165, 1.54) is 17.2 Å². The van der Waals surface area contributed by atoms with E-state index >= 15 is 0 Å². The zero-order valence-corrected chi connectivity index (χ0v) is 15.4. The van der Waals surface area contributed by atoms with Gasteiger partial charge >= 0.3 is 12.6 Å². The Balaban J connectivity index is 1.30. The lowest BCUT2D eigenvalue weighted by Gasteiger charge is -2.22. The normalized spacial score (nSPS) is 19.0. The van der Waals surface area contributed by atoms with Crippen molar-refractivity contribution in [3.05, 3.63) is 59.7 Å². The van der Waals surface area contributed by atoms with Crippen molar-refractivity contribution in [2.45, 2.75) is 38.0 Å². The van der Waals surface area contributed by atoms with Crippen LogP contribution in [0.25, 0.3) is 0 Å². The third-order valence-electron chi connectivity index (χ3n) is 5.33. The Kier molecular flexibility index (Phi) is 5.32. The minimum absolute atomic E-state index is 0.0385. The Morgan fingerprint density at radius 1 is 1.00 bits per heavy atom. The number of urea groups is 1. The lowest BCUT2D eigenvalue weighted by atomic mass is 10.1. The average Bonchev–Trinajstić information content (AvgIpc) is 3.27. The molecule has 4 rings (SSSR count). The van der Waals surface area contributed by atoms with Crippen molar-refractivity contribution in [2.75, 3.05) is 18.0 Å². The molecule has 2 aromatic rings. The summed E-state index contributed by atoms with van der Waals surface area (Å²) in [4.78, 5) is 14.4. The minimum atomic E-state index is -2.86. The number of amides is 2. The number of rotatable bonds is 5. The highest BCUT2D eigenvalue weighted by atomic mass is 19.3. The van der Waals surface area contributed by atoms with Gasteiger partial charge in [0.1, 0.15) is 5.75 Å². The highest BCUT2D eigenvalue weighted by Crippen LogP contribution is 2.31. The highest BCUT2D eigenvalue weighted by molar-refractivity contribution is 5.75. The summed E-state index contributed by atoms with van der Waals surface area (Å²) in [5, 5.41) is 6.06. The van der Waals surface area contributed by atoms with Crippen LogP contribution in [0.15, 0.2) is 48.5 Å². The van der Waals surface area contributed by atoms with Crippen LogP contribution in [0.1, 0.15) is 17.5 Å². The summed E-state index contributed by atoms with van der Waals surface area (Å²) in [6, 6.07) is 14.9. The first-order valence-electron chi connectivity index (χ1n) is 9.51. The number of hydrogen-bond donors (Lipinski definition) is 2. The monoisotopic (exact) mass is 387 g/mol. The van der Waals surface area contributed by atoms with E-state index in [0.29, 0.717) is 18.8 Å². The molecule has 1 atom stereocenters. The van der Waals surface area contributed by atoms with E-state index in [9.17, 15) is 13.6 Å². The molecule has 1 unspecified atom stereocenters. The van der Waals surface area contributed by atoms with Crippen molar-refractivity contribution < 1.29 is 18.3 Å². The molecule has 0 radical (unpaired) electrons. The Hall–Kier alpha value is -2.83. The predicted molar refractivity (Wildman–Crippen MR) is 103 cm³/mol. The number of carbonyl (C=O) groups is 1. The first kappa shape index (κ1) is 18.5. The number of fused-ring (bicyclic) bond motifs is 1. The molecule has 1 heterocycles. The van der Waals surface area contributed by atoms with Gasteiger partial charge in [0.15, 0.2) is 0 Å². The van der Waals surface area contributed by atoms with Crippen LogP contribution >= 0.6 is 0 Å². The largest absolute Gasteiger partial charge is 0.433 e. The second kappa shape index (κ2) is 8.04. The average molecular weight is 387 g/mol. The quantitative estimate of drug-likeness (QED) is 0.828. The molecule has 0 aromatic heterocycles. The Morgan fingerprint density at radius 2 is 1.64 bits per heavy atom. The fraction of sp³-hybridized carbons (Fsp3) is 0.381. The number of nitrogens with zero attached hydrogens (tertiary/aromatic N) is 1. The van der Waals surface area contributed by atoms with E-state index in [1.807, 2.05) is 17.0 Å². The first-order chi connectivity index (χ1) is 13.6. The standard InChI is InChI=1S/C21H23F2N3O2/c22-20(23)28-19-8-4-3-7-18(19)26-10-9-16(13-26)24-21(27)25-17-11-14-5-1-2-6-15(14)12-17/h1-8,16-17,20H,9-13H2,(H2,24,25,27). The molecule has 5 nitrogen and oxygen atoms in total. The Morgan fingerprint density at radius 3 is 2.36 bits per heavy atom. The summed E-state index contributed by atoms with van der Waals surface area (Å²) in [7, 11) is 0. The predicted octanol–water partition coefficient (Wildman–Crippen LogP) is 3.33.